The van der Waals surface area contributed by atoms with Crippen LogP contribution in [0.1, 0.15) is 40.4 Å². The Morgan fingerprint density at radius 2 is 1.85 bits per heavy atom. The lowest BCUT2D eigenvalue weighted by atomic mass is 9.87. The predicted molar refractivity (Wildman–Crippen MR) is 77.7 cm³/mol. The third kappa shape index (κ3) is 2.52. The zero-order valence-corrected chi connectivity index (χ0v) is 11.2. The molecule has 0 saturated heterocycles. The van der Waals surface area contributed by atoms with Crippen molar-refractivity contribution in [3.05, 3.63) is 65.2 Å². The van der Waals surface area contributed by atoms with E-state index in [1.165, 1.54) is 23.3 Å². The lowest BCUT2D eigenvalue weighted by Gasteiger charge is -2.26. The second-order valence-corrected chi connectivity index (χ2v) is 5.16. The molecule has 0 saturated carbocycles. The fraction of sp³-hybridized carbons (Fsp3) is 0.235. The van der Waals surface area contributed by atoms with E-state index in [2.05, 4.69) is 17.4 Å². The summed E-state index contributed by atoms with van der Waals surface area (Å²) in [4.78, 5) is 12.2. The van der Waals surface area contributed by atoms with Gasteiger partial charge < -0.3 is 10.4 Å². The molecule has 0 bridgehead atoms. The number of carbonyl (C=O) groups is 1. The average molecular weight is 267 g/mol. The highest BCUT2D eigenvalue weighted by molar-refractivity contribution is 5.94. The van der Waals surface area contributed by atoms with Gasteiger partial charge in [-0.15, -0.1) is 0 Å². The molecule has 0 aliphatic heterocycles. The summed E-state index contributed by atoms with van der Waals surface area (Å²) in [6.45, 7) is 0. The van der Waals surface area contributed by atoms with Crippen molar-refractivity contribution in [3.63, 3.8) is 0 Å². The average Bonchev–Trinajstić information content (AvgIpc) is 2.48. The molecule has 1 atom stereocenters. The Morgan fingerprint density at radius 3 is 2.65 bits per heavy atom. The summed E-state index contributed by atoms with van der Waals surface area (Å²) in [5.74, 6) is 0.0799. The van der Waals surface area contributed by atoms with E-state index in [0.29, 0.717) is 5.56 Å². The topological polar surface area (TPSA) is 49.3 Å². The van der Waals surface area contributed by atoms with Crippen LogP contribution in [-0.2, 0) is 6.42 Å². The first-order valence-corrected chi connectivity index (χ1v) is 6.92. The molecule has 0 unspecified atom stereocenters. The van der Waals surface area contributed by atoms with Crippen LogP contribution in [0.5, 0.6) is 5.75 Å². The normalized spacial score (nSPS) is 17.3. The van der Waals surface area contributed by atoms with Crippen molar-refractivity contribution in [1.29, 1.82) is 0 Å². The molecule has 102 valence electrons. The summed E-state index contributed by atoms with van der Waals surface area (Å²) in [6.07, 6.45) is 3.15. The number of phenolic OH excluding ortho intramolecular Hbond substituents is 1. The van der Waals surface area contributed by atoms with E-state index < -0.39 is 0 Å². The predicted octanol–water partition coefficient (Wildman–Crippen LogP) is 3.20. The van der Waals surface area contributed by atoms with Gasteiger partial charge in [-0.1, -0.05) is 24.3 Å². The quantitative estimate of drug-likeness (QED) is 0.877. The number of rotatable bonds is 2. The van der Waals surface area contributed by atoms with Crippen LogP contribution in [0.25, 0.3) is 0 Å². The monoisotopic (exact) mass is 267 g/mol. The lowest BCUT2D eigenvalue weighted by molar-refractivity contribution is 0.0933. The number of phenols is 1. The largest absolute Gasteiger partial charge is 0.508 e. The molecule has 3 rings (SSSR count). The Bertz CT molecular complexity index is 619. The van der Waals surface area contributed by atoms with Crippen LogP contribution in [0.3, 0.4) is 0 Å². The SMILES string of the molecule is O=C(N[C@H]1CCCc2ccccc21)c1ccc(O)cc1. The molecule has 0 radical (unpaired) electrons. The van der Waals surface area contributed by atoms with Crippen LogP contribution in [-0.4, -0.2) is 11.0 Å². The highest BCUT2D eigenvalue weighted by Gasteiger charge is 2.21. The number of fused-ring (bicyclic) bond motifs is 1. The number of benzene rings is 2. The third-order valence-corrected chi connectivity index (χ3v) is 3.80. The minimum Gasteiger partial charge on any atom is -0.508 e. The van der Waals surface area contributed by atoms with Crippen molar-refractivity contribution in [1.82, 2.24) is 5.32 Å². The van der Waals surface area contributed by atoms with E-state index in [1.54, 1.807) is 12.1 Å². The first kappa shape index (κ1) is 12.7. The minimum absolute atomic E-state index is 0.0845. The van der Waals surface area contributed by atoms with Crippen molar-refractivity contribution in [2.45, 2.75) is 25.3 Å². The molecule has 2 aromatic rings. The van der Waals surface area contributed by atoms with E-state index in [4.69, 9.17) is 0 Å². The van der Waals surface area contributed by atoms with Gasteiger partial charge in [0.2, 0.25) is 0 Å². The van der Waals surface area contributed by atoms with Crippen LogP contribution in [0.15, 0.2) is 48.5 Å². The third-order valence-electron chi connectivity index (χ3n) is 3.80. The molecular formula is C17H17NO2. The molecule has 20 heavy (non-hydrogen) atoms. The van der Waals surface area contributed by atoms with Gasteiger partial charge in [-0.05, 0) is 54.7 Å². The molecule has 3 nitrogen and oxygen atoms in total. The number of carbonyl (C=O) groups excluding carboxylic acids is 1. The second-order valence-electron chi connectivity index (χ2n) is 5.16. The van der Waals surface area contributed by atoms with Crippen molar-refractivity contribution >= 4 is 5.91 Å². The maximum absolute atomic E-state index is 12.2. The first-order chi connectivity index (χ1) is 9.74. The van der Waals surface area contributed by atoms with Crippen LogP contribution >= 0.6 is 0 Å². The van der Waals surface area contributed by atoms with Gasteiger partial charge in [0.15, 0.2) is 0 Å². The highest BCUT2D eigenvalue weighted by atomic mass is 16.3. The van der Waals surface area contributed by atoms with E-state index >= 15 is 0 Å². The fourth-order valence-corrected chi connectivity index (χ4v) is 2.76. The van der Waals surface area contributed by atoms with Crippen molar-refractivity contribution < 1.29 is 9.90 Å². The minimum atomic E-state index is -0.0910. The highest BCUT2D eigenvalue weighted by Crippen LogP contribution is 2.29. The molecular weight excluding hydrogens is 250 g/mol. The summed E-state index contributed by atoms with van der Waals surface area (Å²) in [6, 6.07) is 14.7. The van der Waals surface area contributed by atoms with Crippen molar-refractivity contribution in [2.75, 3.05) is 0 Å². The second kappa shape index (κ2) is 5.37. The van der Waals surface area contributed by atoms with E-state index in [1.807, 2.05) is 12.1 Å². The fourth-order valence-electron chi connectivity index (χ4n) is 2.76. The number of aromatic hydroxyl groups is 1. The van der Waals surface area contributed by atoms with Gasteiger partial charge in [-0.3, -0.25) is 4.79 Å². The summed E-state index contributed by atoms with van der Waals surface area (Å²) >= 11 is 0. The summed E-state index contributed by atoms with van der Waals surface area (Å²) in [5, 5.41) is 12.3. The molecule has 1 aliphatic carbocycles. The van der Waals surface area contributed by atoms with Gasteiger partial charge in [0.1, 0.15) is 5.75 Å². The van der Waals surface area contributed by atoms with Crippen LogP contribution in [0.4, 0.5) is 0 Å². The van der Waals surface area contributed by atoms with Gasteiger partial charge >= 0.3 is 0 Å². The number of aryl methyl sites for hydroxylation is 1. The van der Waals surface area contributed by atoms with Gasteiger partial charge in [-0.2, -0.15) is 0 Å². The number of nitrogens with one attached hydrogen (secondary N) is 1. The molecule has 1 amide bonds. The van der Waals surface area contributed by atoms with Gasteiger partial charge in [0.25, 0.3) is 5.91 Å². The van der Waals surface area contributed by atoms with Crippen LogP contribution in [0, 0.1) is 0 Å². The van der Waals surface area contributed by atoms with Gasteiger partial charge in [-0.25, -0.2) is 0 Å². The maximum atomic E-state index is 12.2. The summed E-state index contributed by atoms with van der Waals surface area (Å²) < 4.78 is 0. The smallest absolute Gasteiger partial charge is 0.251 e. The van der Waals surface area contributed by atoms with E-state index in [9.17, 15) is 9.90 Å². The zero-order valence-electron chi connectivity index (χ0n) is 11.2. The maximum Gasteiger partial charge on any atom is 0.251 e. The van der Waals surface area contributed by atoms with Gasteiger partial charge in [0.05, 0.1) is 6.04 Å². The summed E-state index contributed by atoms with van der Waals surface area (Å²) in [5.41, 5.74) is 3.13. The number of hydrogen-bond acceptors (Lipinski definition) is 2. The van der Waals surface area contributed by atoms with E-state index in [0.717, 1.165) is 19.3 Å². The van der Waals surface area contributed by atoms with Crippen LogP contribution in [0.2, 0.25) is 0 Å². The summed E-state index contributed by atoms with van der Waals surface area (Å²) in [7, 11) is 0. The standard InChI is InChI=1S/C17H17NO2/c19-14-10-8-13(9-11-14)17(20)18-16-7-3-5-12-4-1-2-6-15(12)16/h1-2,4,6,8-11,16,19H,3,5,7H2,(H,18,20)/t16-/m0/s1. The molecule has 0 heterocycles. The molecule has 2 aromatic carbocycles. The molecule has 0 spiro atoms. The Morgan fingerprint density at radius 1 is 1.10 bits per heavy atom. The molecule has 1 aliphatic rings. The molecule has 0 aromatic heterocycles. The Hall–Kier alpha value is -2.29. The zero-order chi connectivity index (χ0) is 13.9. The lowest BCUT2D eigenvalue weighted by Crippen LogP contribution is -2.30. The van der Waals surface area contributed by atoms with Crippen molar-refractivity contribution in [3.8, 4) is 5.75 Å². The Kier molecular flexibility index (Phi) is 3.42. The first-order valence-electron chi connectivity index (χ1n) is 6.92. The number of hydrogen-bond donors (Lipinski definition) is 2. The Balaban J connectivity index is 1.79. The molecule has 2 N–H and O–H groups in total. The van der Waals surface area contributed by atoms with Crippen molar-refractivity contribution in [2.24, 2.45) is 0 Å². The van der Waals surface area contributed by atoms with E-state index in [-0.39, 0.29) is 17.7 Å². The Labute approximate surface area is 118 Å². The number of amides is 1. The van der Waals surface area contributed by atoms with Crippen LogP contribution < -0.4 is 5.32 Å². The molecule has 0 fully saturated rings. The molecule has 3 heteroatoms. The van der Waals surface area contributed by atoms with Gasteiger partial charge in [0, 0.05) is 5.56 Å².